The van der Waals surface area contributed by atoms with E-state index in [9.17, 15) is 9.59 Å². The molecule has 4 heterocycles. The van der Waals surface area contributed by atoms with Gasteiger partial charge in [0.05, 0.1) is 17.3 Å². The number of nitrogens with zero attached hydrogens (tertiary/aromatic N) is 6. The summed E-state index contributed by atoms with van der Waals surface area (Å²) in [6.45, 7) is 10.8. The van der Waals surface area contributed by atoms with Crippen LogP contribution in [0.4, 0.5) is 10.6 Å². The number of aryl methyl sites for hydroxylation is 1. The molecule has 1 fully saturated rings. The van der Waals surface area contributed by atoms with Crippen LogP contribution in [0.2, 0.25) is 0 Å². The van der Waals surface area contributed by atoms with Gasteiger partial charge in [0, 0.05) is 31.7 Å². The molecule has 3 N–H and O–H groups in total. The monoisotopic (exact) mass is 484 g/mol. The molecular formula is C23H32N8O4. The van der Waals surface area contributed by atoms with Crippen molar-refractivity contribution in [1.82, 2.24) is 35.1 Å². The third-order valence-electron chi connectivity index (χ3n) is 6.01. The minimum atomic E-state index is -0.521. The summed E-state index contributed by atoms with van der Waals surface area (Å²) in [7, 11) is 0. The van der Waals surface area contributed by atoms with Crippen LogP contribution in [0.15, 0.2) is 17.0 Å². The summed E-state index contributed by atoms with van der Waals surface area (Å²) in [5.41, 5.74) is 7.57. The molecule has 1 aliphatic rings. The lowest BCUT2D eigenvalue weighted by Crippen LogP contribution is -2.42. The van der Waals surface area contributed by atoms with Crippen molar-refractivity contribution in [2.45, 2.75) is 52.7 Å². The number of imidazole rings is 1. The van der Waals surface area contributed by atoms with Crippen LogP contribution in [0.1, 0.15) is 50.9 Å². The van der Waals surface area contributed by atoms with Crippen LogP contribution in [0.25, 0.3) is 22.6 Å². The Labute approximate surface area is 203 Å². The molecule has 1 amide bonds. The first kappa shape index (κ1) is 24.6. The molecule has 35 heavy (non-hydrogen) atoms. The number of nitrogen functional groups attached to an aromatic ring is 1. The third kappa shape index (κ3) is 5.42. The maximum absolute atomic E-state index is 13.5. The van der Waals surface area contributed by atoms with E-state index in [4.69, 9.17) is 15.1 Å². The topological polar surface area (TPSA) is 154 Å². The highest BCUT2D eigenvalue weighted by molar-refractivity contribution is 6.07. The average molecular weight is 485 g/mol. The molecule has 0 bridgehead atoms. The highest BCUT2D eigenvalue weighted by Gasteiger charge is 2.29. The molecule has 0 atom stereocenters. The Kier molecular flexibility index (Phi) is 7.01. The normalized spacial score (nSPS) is 15.4. The van der Waals surface area contributed by atoms with Gasteiger partial charge in [0.1, 0.15) is 11.1 Å². The number of rotatable bonds is 7. The maximum atomic E-state index is 13.5. The molecule has 1 aliphatic heterocycles. The number of aromatic nitrogens is 5. The molecule has 0 aliphatic carbocycles. The van der Waals surface area contributed by atoms with Crippen LogP contribution in [0.5, 0.6) is 0 Å². The number of nitrogens with one attached hydrogen (secondary N) is 1. The summed E-state index contributed by atoms with van der Waals surface area (Å²) in [5.74, 6) is 0.585. The lowest BCUT2D eigenvalue weighted by atomic mass is 9.89. The van der Waals surface area contributed by atoms with Crippen molar-refractivity contribution in [1.29, 1.82) is 0 Å². The van der Waals surface area contributed by atoms with Gasteiger partial charge in [0.2, 0.25) is 0 Å². The maximum Gasteiger partial charge on any atom is 0.407 e. The van der Waals surface area contributed by atoms with E-state index >= 15 is 0 Å². The number of carbonyl (C=O) groups is 2. The molecule has 1 saturated heterocycles. The predicted molar refractivity (Wildman–Crippen MR) is 129 cm³/mol. The molecule has 188 valence electrons. The summed E-state index contributed by atoms with van der Waals surface area (Å²) >= 11 is 0. The first-order valence-corrected chi connectivity index (χ1v) is 11.8. The van der Waals surface area contributed by atoms with Crippen molar-refractivity contribution in [3.05, 3.63) is 18.0 Å². The van der Waals surface area contributed by atoms with Gasteiger partial charge in [-0.15, -0.1) is 0 Å². The van der Waals surface area contributed by atoms with Gasteiger partial charge in [-0.2, -0.15) is 0 Å². The zero-order valence-electron chi connectivity index (χ0n) is 20.6. The second kappa shape index (κ2) is 9.98. The molecule has 4 rings (SSSR count). The van der Waals surface area contributed by atoms with E-state index < -0.39 is 11.7 Å². The summed E-state index contributed by atoms with van der Waals surface area (Å²) in [6, 6.07) is 0. The van der Waals surface area contributed by atoms with Gasteiger partial charge in [-0.3, -0.25) is 9.78 Å². The average Bonchev–Trinajstić information content (AvgIpc) is 3.40. The van der Waals surface area contributed by atoms with Gasteiger partial charge in [0.15, 0.2) is 23.1 Å². The number of ether oxygens (including phenoxy) is 1. The van der Waals surface area contributed by atoms with E-state index in [1.807, 2.05) is 32.3 Å². The third-order valence-corrected chi connectivity index (χ3v) is 6.01. The number of hydrogen-bond acceptors (Lipinski definition) is 10. The number of alkyl carbamates (subject to hydrolysis) is 1. The number of Topliss-reactive ketones (excluding diaryl/α,β-unsaturated/α-hetero) is 1. The number of pyridine rings is 1. The van der Waals surface area contributed by atoms with Crippen molar-refractivity contribution in [2.75, 3.05) is 31.9 Å². The number of carbonyl (C=O) groups excluding carboxylic acids is 2. The summed E-state index contributed by atoms with van der Waals surface area (Å²) in [4.78, 5) is 36.5. The van der Waals surface area contributed by atoms with Crippen molar-refractivity contribution < 1.29 is 19.0 Å². The molecule has 3 aromatic rings. The molecule has 0 unspecified atom stereocenters. The zero-order chi connectivity index (χ0) is 25.2. The van der Waals surface area contributed by atoms with Crippen LogP contribution in [-0.4, -0.2) is 73.4 Å². The number of anilines is 1. The largest absolute Gasteiger partial charge is 0.444 e. The van der Waals surface area contributed by atoms with E-state index in [1.165, 1.54) is 0 Å². The fraction of sp³-hybridized carbons (Fsp3) is 0.565. The van der Waals surface area contributed by atoms with E-state index in [0.29, 0.717) is 47.7 Å². The van der Waals surface area contributed by atoms with Crippen LogP contribution in [0.3, 0.4) is 0 Å². The smallest absolute Gasteiger partial charge is 0.407 e. The van der Waals surface area contributed by atoms with Crippen LogP contribution < -0.4 is 11.1 Å². The van der Waals surface area contributed by atoms with E-state index in [2.05, 4.69) is 30.5 Å². The number of amides is 1. The Hall–Kier alpha value is -3.54. The van der Waals surface area contributed by atoms with Crippen LogP contribution in [0, 0.1) is 5.92 Å². The Morgan fingerprint density at radius 2 is 1.97 bits per heavy atom. The molecule has 0 spiro atoms. The van der Waals surface area contributed by atoms with Crippen LogP contribution in [-0.2, 0) is 11.3 Å². The predicted octanol–water partition coefficient (Wildman–Crippen LogP) is 2.50. The highest BCUT2D eigenvalue weighted by Crippen LogP contribution is 2.30. The number of ketones is 1. The first-order chi connectivity index (χ1) is 16.7. The van der Waals surface area contributed by atoms with E-state index in [-0.39, 0.29) is 17.5 Å². The lowest BCUT2D eigenvalue weighted by molar-refractivity contribution is 0.0519. The second-order valence-corrected chi connectivity index (χ2v) is 9.64. The summed E-state index contributed by atoms with van der Waals surface area (Å²) < 4.78 is 11.9. The molecule has 0 radical (unpaired) electrons. The standard InChI is InChI=1S/C23H32N8O4/c1-5-31-18-15(12-25-13-16(18)27-21(31)17-20(24)29-35-28-17)19(32)14-6-9-30(10-7-14)11-8-26-22(33)34-23(2,3)4/h12-14H,5-11H2,1-4H3,(H2,24,29)(H,26,33). The van der Waals surface area contributed by atoms with Crippen molar-refractivity contribution in [2.24, 2.45) is 5.92 Å². The minimum absolute atomic E-state index is 0.0574. The van der Waals surface area contributed by atoms with Gasteiger partial charge in [0.25, 0.3) is 0 Å². The quantitative estimate of drug-likeness (QED) is 0.478. The Morgan fingerprint density at radius 1 is 1.23 bits per heavy atom. The molecule has 12 nitrogen and oxygen atoms in total. The zero-order valence-corrected chi connectivity index (χ0v) is 20.6. The fourth-order valence-corrected chi connectivity index (χ4v) is 4.38. The minimum Gasteiger partial charge on any atom is -0.444 e. The van der Waals surface area contributed by atoms with Gasteiger partial charge in [-0.25, -0.2) is 14.4 Å². The first-order valence-electron chi connectivity index (χ1n) is 11.8. The number of fused-ring (bicyclic) bond motifs is 1. The number of piperidine rings is 1. The summed E-state index contributed by atoms with van der Waals surface area (Å²) in [5, 5.41) is 10.3. The fourth-order valence-electron chi connectivity index (χ4n) is 4.38. The van der Waals surface area contributed by atoms with Gasteiger partial charge < -0.3 is 25.3 Å². The molecule has 0 aromatic carbocycles. The van der Waals surface area contributed by atoms with Gasteiger partial charge in [-0.05, 0) is 63.9 Å². The van der Waals surface area contributed by atoms with E-state index in [1.54, 1.807) is 12.4 Å². The SMILES string of the molecule is CCn1c(-c2nonc2N)nc2cncc(C(=O)C3CCN(CCNC(=O)OC(C)(C)C)CC3)c21. The Morgan fingerprint density at radius 3 is 2.60 bits per heavy atom. The summed E-state index contributed by atoms with van der Waals surface area (Å²) in [6.07, 6.45) is 4.29. The Balaban J connectivity index is 1.42. The van der Waals surface area contributed by atoms with Crippen molar-refractivity contribution in [3.63, 3.8) is 0 Å². The lowest BCUT2D eigenvalue weighted by Gasteiger charge is -2.31. The van der Waals surface area contributed by atoms with Gasteiger partial charge >= 0.3 is 6.09 Å². The molecule has 12 heteroatoms. The highest BCUT2D eigenvalue weighted by atomic mass is 16.6. The molecule has 0 saturated carbocycles. The number of likely N-dealkylation sites (tertiary alicyclic amines) is 1. The second-order valence-electron chi connectivity index (χ2n) is 9.64. The van der Waals surface area contributed by atoms with Crippen molar-refractivity contribution >= 4 is 28.7 Å². The number of hydrogen-bond donors (Lipinski definition) is 2. The van der Waals surface area contributed by atoms with Gasteiger partial charge in [-0.1, -0.05) is 0 Å². The van der Waals surface area contributed by atoms with Crippen LogP contribution >= 0.6 is 0 Å². The molecule has 3 aromatic heterocycles. The number of nitrogens with two attached hydrogens (primary N) is 1. The van der Waals surface area contributed by atoms with E-state index in [0.717, 1.165) is 25.9 Å². The Bertz CT molecular complexity index is 1200. The van der Waals surface area contributed by atoms with Crippen molar-refractivity contribution in [3.8, 4) is 11.5 Å². The molecular weight excluding hydrogens is 452 g/mol.